The summed E-state index contributed by atoms with van der Waals surface area (Å²) in [4.78, 5) is 0. The Morgan fingerprint density at radius 2 is 1.67 bits per heavy atom. The third-order valence-corrected chi connectivity index (χ3v) is 2.03. The molecule has 0 rings (SSSR count). The Kier molecular flexibility index (Phi) is 2.60. The van der Waals surface area contributed by atoms with Crippen molar-refractivity contribution in [1.82, 2.24) is 0 Å². The van der Waals surface area contributed by atoms with Gasteiger partial charge < -0.3 is 5.11 Å². The first kappa shape index (κ1) is 8.87. The van der Waals surface area contributed by atoms with Gasteiger partial charge in [-0.15, -0.1) is 0 Å². The van der Waals surface area contributed by atoms with Gasteiger partial charge in [0.15, 0.2) is 5.44 Å². The van der Waals surface area contributed by atoms with E-state index >= 15 is 0 Å². The molecule has 56 valence electrons. The minimum Gasteiger partial charge on any atom is -0.375 e. The maximum atomic E-state index is 10.1. The number of aliphatic hydroxyl groups excluding tert-OH is 1. The molecule has 0 aliphatic carbocycles. The molecule has 0 aromatic carbocycles. The Balaban J connectivity index is 4.24. The number of rotatable bonds is 2. The molecular weight excluding hydrogens is 144 g/mol. The lowest BCUT2D eigenvalue weighted by molar-refractivity contribution is 0.186. The lowest BCUT2D eigenvalue weighted by atomic mass is 10.2. The van der Waals surface area contributed by atoms with Crippen molar-refractivity contribution < 1.29 is 18.1 Å². The average molecular weight is 154 g/mol. The Hall–Kier alpha value is -0.130. The molecule has 9 heavy (non-hydrogen) atoms. The summed E-state index contributed by atoms with van der Waals surface area (Å²) in [5, 5.41) is 8.62. The van der Waals surface area contributed by atoms with E-state index in [1.807, 2.05) is 0 Å². The molecule has 2 N–H and O–H groups in total. The van der Waals surface area contributed by atoms with Gasteiger partial charge >= 0.3 is 0 Å². The number of hydrogen-bond donors (Lipinski definition) is 2. The van der Waals surface area contributed by atoms with Crippen LogP contribution in [0.2, 0.25) is 0 Å². The van der Waals surface area contributed by atoms with Gasteiger partial charge in [0.2, 0.25) is 0 Å². The molecule has 0 spiro atoms. The van der Waals surface area contributed by atoms with Crippen molar-refractivity contribution in [3.05, 3.63) is 0 Å². The van der Waals surface area contributed by atoms with Crippen LogP contribution in [0.25, 0.3) is 0 Å². The molecule has 1 unspecified atom stereocenters. The molecule has 0 aromatic heterocycles. The summed E-state index contributed by atoms with van der Waals surface area (Å²) in [5.41, 5.74) is -1.66. The van der Waals surface area contributed by atoms with E-state index in [0.717, 1.165) is 0 Å². The van der Waals surface area contributed by atoms with Gasteiger partial charge in [-0.2, -0.15) is 8.42 Å². The van der Waals surface area contributed by atoms with E-state index < -0.39 is 21.5 Å². The molecule has 0 saturated heterocycles. The van der Waals surface area contributed by atoms with Crippen molar-refractivity contribution in [2.24, 2.45) is 5.92 Å². The van der Waals surface area contributed by atoms with Crippen LogP contribution < -0.4 is 0 Å². The first-order chi connectivity index (χ1) is 3.85. The second-order valence-corrected chi connectivity index (χ2v) is 3.66. The van der Waals surface area contributed by atoms with Crippen LogP contribution in [-0.4, -0.2) is 23.5 Å². The Bertz CT molecular complexity index is 169. The quantitative estimate of drug-likeness (QED) is 0.542. The van der Waals surface area contributed by atoms with Crippen LogP contribution in [0.3, 0.4) is 0 Å². The summed E-state index contributed by atoms with van der Waals surface area (Å²) in [7, 11) is -4.25. The van der Waals surface area contributed by atoms with Crippen LogP contribution in [0.4, 0.5) is 0 Å². The van der Waals surface area contributed by atoms with Gasteiger partial charge in [-0.3, -0.25) is 4.55 Å². The summed E-state index contributed by atoms with van der Waals surface area (Å²) >= 11 is 0. The second kappa shape index (κ2) is 2.64. The molecule has 0 bridgehead atoms. The molecule has 0 aliphatic heterocycles. The van der Waals surface area contributed by atoms with Gasteiger partial charge in [0.25, 0.3) is 10.1 Å². The minimum atomic E-state index is -4.25. The van der Waals surface area contributed by atoms with Gasteiger partial charge in [-0.05, 0) is 5.92 Å². The summed E-state index contributed by atoms with van der Waals surface area (Å²) in [6.07, 6.45) is 0. The Labute approximate surface area is 54.3 Å². The van der Waals surface area contributed by atoms with Gasteiger partial charge in [0.05, 0.1) is 0 Å². The normalized spacial score (nSPS) is 16.1. The van der Waals surface area contributed by atoms with Gasteiger partial charge in [0.1, 0.15) is 0 Å². The molecule has 0 saturated carbocycles. The van der Waals surface area contributed by atoms with Crippen molar-refractivity contribution in [3.8, 4) is 0 Å². The summed E-state index contributed by atoms with van der Waals surface area (Å²) in [6.45, 7) is 3.00. The highest BCUT2D eigenvalue weighted by molar-refractivity contribution is 7.86. The topological polar surface area (TPSA) is 74.6 Å². The zero-order valence-electron chi connectivity index (χ0n) is 5.27. The van der Waals surface area contributed by atoms with E-state index in [1.54, 1.807) is 0 Å². The van der Waals surface area contributed by atoms with E-state index in [1.165, 1.54) is 13.8 Å². The molecule has 0 fully saturated rings. The zero-order chi connectivity index (χ0) is 7.65. The van der Waals surface area contributed by atoms with Gasteiger partial charge in [-0.1, -0.05) is 13.8 Å². The average Bonchev–Trinajstić information content (AvgIpc) is 1.62. The molecule has 5 heteroatoms. The smallest absolute Gasteiger partial charge is 0.292 e. The fourth-order valence-electron chi connectivity index (χ4n) is 0.344. The summed E-state index contributed by atoms with van der Waals surface area (Å²) in [5.74, 6) is -0.472. The highest BCUT2D eigenvalue weighted by atomic mass is 32.2. The maximum Gasteiger partial charge on any atom is 0.292 e. The Morgan fingerprint density at radius 1 is 1.33 bits per heavy atom. The van der Waals surface area contributed by atoms with Crippen LogP contribution in [-0.2, 0) is 10.1 Å². The summed E-state index contributed by atoms with van der Waals surface area (Å²) < 4.78 is 28.3. The summed E-state index contributed by atoms with van der Waals surface area (Å²) in [6, 6.07) is 0. The van der Waals surface area contributed by atoms with E-state index in [-0.39, 0.29) is 0 Å². The molecule has 0 amide bonds. The van der Waals surface area contributed by atoms with Crippen LogP contribution in [0.15, 0.2) is 0 Å². The third-order valence-electron chi connectivity index (χ3n) is 0.875. The molecule has 1 atom stereocenters. The second-order valence-electron chi connectivity index (χ2n) is 2.15. The molecular formula is C4H10O4S. The lowest BCUT2D eigenvalue weighted by Gasteiger charge is -2.09. The van der Waals surface area contributed by atoms with Crippen LogP contribution in [0.5, 0.6) is 0 Å². The van der Waals surface area contributed by atoms with Crippen molar-refractivity contribution in [3.63, 3.8) is 0 Å². The molecule has 0 aliphatic rings. The highest BCUT2D eigenvalue weighted by Gasteiger charge is 2.22. The molecule has 0 radical (unpaired) electrons. The van der Waals surface area contributed by atoms with Gasteiger partial charge in [-0.25, -0.2) is 0 Å². The molecule has 0 aromatic rings. The first-order valence-electron chi connectivity index (χ1n) is 2.50. The van der Waals surface area contributed by atoms with Crippen LogP contribution in [0, 0.1) is 5.92 Å². The van der Waals surface area contributed by atoms with Crippen LogP contribution >= 0.6 is 0 Å². The van der Waals surface area contributed by atoms with Crippen LogP contribution in [0.1, 0.15) is 13.8 Å². The van der Waals surface area contributed by atoms with Crippen molar-refractivity contribution in [2.75, 3.05) is 0 Å². The predicted molar refractivity (Wildman–Crippen MR) is 32.4 cm³/mol. The molecule has 0 heterocycles. The van der Waals surface area contributed by atoms with E-state index in [2.05, 4.69) is 0 Å². The number of hydrogen-bond acceptors (Lipinski definition) is 3. The van der Waals surface area contributed by atoms with E-state index in [4.69, 9.17) is 9.66 Å². The van der Waals surface area contributed by atoms with Crippen molar-refractivity contribution >= 4 is 10.1 Å². The SMILES string of the molecule is CC(C)C(O)S(=O)(=O)O. The van der Waals surface area contributed by atoms with Crippen molar-refractivity contribution in [2.45, 2.75) is 19.3 Å². The minimum absolute atomic E-state index is 0.472. The van der Waals surface area contributed by atoms with E-state index in [9.17, 15) is 8.42 Å². The van der Waals surface area contributed by atoms with Gasteiger partial charge in [0, 0.05) is 0 Å². The lowest BCUT2D eigenvalue weighted by Crippen LogP contribution is -2.25. The largest absolute Gasteiger partial charge is 0.375 e. The van der Waals surface area contributed by atoms with E-state index in [0.29, 0.717) is 0 Å². The predicted octanol–water partition coefficient (Wildman–Crippen LogP) is -0.151. The zero-order valence-corrected chi connectivity index (χ0v) is 6.09. The standard InChI is InChI=1S/C4H10O4S/c1-3(2)4(5)9(6,7)8/h3-5H,1-2H3,(H,6,7,8). The maximum absolute atomic E-state index is 10.1. The fourth-order valence-corrected chi connectivity index (χ4v) is 1.03. The fraction of sp³-hybridized carbons (Fsp3) is 1.00. The monoisotopic (exact) mass is 154 g/mol. The third kappa shape index (κ3) is 2.78. The number of aliphatic hydroxyl groups is 1. The first-order valence-corrected chi connectivity index (χ1v) is 4.00. The Morgan fingerprint density at radius 3 is 1.67 bits per heavy atom. The van der Waals surface area contributed by atoms with Crippen molar-refractivity contribution in [1.29, 1.82) is 0 Å². The molecule has 4 nitrogen and oxygen atoms in total. The highest BCUT2D eigenvalue weighted by Crippen LogP contribution is 2.05.